The first-order valence-electron chi connectivity index (χ1n) is 5.67. The van der Waals surface area contributed by atoms with Crippen LogP contribution < -0.4 is 10.1 Å². The minimum atomic E-state index is -0.536. The van der Waals surface area contributed by atoms with Crippen LogP contribution in [0.2, 0.25) is 0 Å². The number of ether oxygens (including phenoxy) is 1. The van der Waals surface area contributed by atoms with Crippen LogP contribution in [0.15, 0.2) is 11.4 Å². The number of hydrogen-bond donors (Lipinski definition) is 2. The van der Waals surface area contributed by atoms with Crippen molar-refractivity contribution in [2.45, 2.75) is 32.2 Å². The third kappa shape index (κ3) is 2.98. The highest BCUT2D eigenvalue weighted by atomic mass is 32.1. The highest BCUT2D eigenvalue weighted by Crippen LogP contribution is 2.25. The Kier molecular flexibility index (Phi) is 4.96. The van der Waals surface area contributed by atoms with Crippen LogP contribution in [0.4, 0.5) is 0 Å². The molecule has 4 nitrogen and oxygen atoms in total. The van der Waals surface area contributed by atoms with E-state index >= 15 is 0 Å². The summed E-state index contributed by atoms with van der Waals surface area (Å²) in [6.07, 6.45) is 1.39. The van der Waals surface area contributed by atoms with E-state index in [-0.39, 0.29) is 12.5 Å². The molecule has 2 N–H and O–H groups in total. The number of amides is 1. The van der Waals surface area contributed by atoms with Crippen LogP contribution in [0.1, 0.15) is 36.4 Å². The number of aliphatic hydroxyl groups is 1. The number of aliphatic hydroxyl groups excluding tert-OH is 1. The van der Waals surface area contributed by atoms with Crippen molar-refractivity contribution in [2.24, 2.45) is 0 Å². The molecule has 0 fully saturated rings. The van der Waals surface area contributed by atoms with Crippen molar-refractivity contribution >= 4 is 17.2 Å². The summed E-state index contributed by atoms with van der Waals surface area (Å²) in [6, 6.07) is 1.76. The zero-order chi connectivity index (χ0) is 12.9. The van der Waals surface area contributed by atoms with Gasteiger partial charge in [-0.2, -0.15) is 0 Å². The van der Waals surface area contributed by atoms with Gasteiger partial charge in [-0.3, -0.25) is 4.79 Å². The van der Waals surface area contributed by atoms with Gasteiger partial charge < -0.3 is 15.2 Å². The molecule has 0 saturated carbocycles. The highest BCUT2D eigenvalue weighted by molar-refractivity contribution is 7.12. The largest absolute Gasteiger partial charge is 0.495 e. The fraction of sp³-hybridized carbons (Fsp3) is 0.583. The van der Waals surface area contributed by atoms with E-state index in [1.807, 2.05) is 19.2 Å². The molecule has 0 spiro atoms. The maximum absolute atomic E-state index is 12.1. The maximum Gasteiger partial charge on any atom is 0.265 e. The van der Waals surface area contributed by atoms with Crippen molar-refractivity contribution in [2.75, 3.05) is 13.7 Å². The Morgan fingerprint density at radius 1 is 1.53 bits per heavy atom. The first kappa shape index (κ1) is 14.0. The second-order valence-electron chi connectivity index (χ2n) is 3.92. The van der Waals surface area contributed by atoms with E-state index in [2.05, 4.69) is 5.32 Å². The lowest BCUT2D eigenvalue weighted by atomic mass is 9.94. The van der Waals surface area contributed by atoms with Gasteiger partial charge in [-0.1, -0.05) is 13.8 Å². The Balaban J connectivity index is 2.84. The minimum absolute atomic E-state index is 0.0561. The number of thiophene rings is 1. The molecule has 1 rings (SSSR count). The van der Waals surface area contributed by atoms with Crippen molar-refractivity contribution in [3.8, 4) is 5.75 Å². The predicted molar refractivity (Wildman–Crippen MR) is 68.7 cm³/mol. The number of rotatable bonds is 6. The molecule has 5 heteroatoms. The molecular weight excluding hydrogens is 238 g/mol. The SMILES string of the molecule is CCC(CC)(CO)NC(=O)c1sccc1OC. The summed E-state index contributed by atoms with van der Waals surface area (Å²) in [5.41, 5.74) is -0.536. The normalized spacial score (nSPS) is 11.3. The van der Waals surface area contributed by atoms with E-state index in [1.54, 1.807) is 6.07 Å². The Morgan fingerprint density at radius 3 is 2.65 bits per heavy atom. The van der Waals surface area contributed by atoms with Crippen LogP contribution in [0.25, 0.3) is 0 Å². The summed E-state index contributed by atoms with van der Waals surface area (Å²) in [7, 11) is 1.54. The molecule has 0 radical (unpaired) electrons. The molecule has 0 unspecified atom stereocenters. The molecule has 0 aromatic carbocycles. The average molecular weight is 257 g/mol. The van der Waals surface area contributed by atoms with E-state index in [9.17, 15) is 9.90 Å². The Labute approximate surface area is 106 Å². The van der Waals surface area contributed by atoms with Gasteiger partial charge >= 0.3 is 0 Å². The summed E-state index contributed by atoms with van der Waals surface area (Å²) in [5.74, 6) is 0.390. The average Bonchev–Trinajstić information content (AvgIpc) is 2.84. The Morgan fingerprint density at radius 2 is 2.18 bits per heavy atom. The van der Waals surface area contributed by atoms with Gasteiger partial charge in [0.2, 0.25) is 0 Å². The third-order valence-electron chi connectivity index (χ3n) is 3.09. The van der Waals surface area contributed by atoms with Crippen LogP contribution in [-0.2, 0) is 0 Å². The second kappa shape index (κ2) is 6.02. The molecule has 0 bridgehead atoms. The maximum atomic E-state index is 12.1. The molecule has 0 saturated heterocycles. The Hall–Kier alpha value is -1.07. The number of nitrogens with one attached hydrogen (secondary N) is 1. The number of methoxy groups -OCH3 is 1. The summed E-state index contributed by atoms with van der Waals surface area (Å²) < 4.78 is 5.11. The molecular formula is C12H19NO3S. The molecule has 0 aliphatic carbocycles. The van der Waals surface area contributed by atoms with Gasteiger partial charge in [0.05, 0.1) is 19.3 Å². The summed E-state index contributed by atoms with van der Waals surface area (Å²) in [4.78, 5) is 12.6. The smallest absolute Gasteiger partial charge is 0.265 e. The second-order valence-corrected chi connectivity index (χ2v) is 4.83. The zero-order valence-corrected chi connectivity index (χ0v) is 11.3. The predicted octanol–water partition coefficient (Wildman–Crippen LogP) is 2.04. The summed E-state index contributed by atoms with van der Waals surface area (Å²) in [5, 5.41) is 14.1. The van der Waals surface area contributed by atoms with E-state index in [4.69, 9.17) is 4.74 Å². The van der Waals surface area contributed by atoms with Crippen molar-refractivity contribution in [3.63, 3.8) is 0 Å². The summed E-state index contributed by atoms with van der Waals surface area (Å²) >= 11 is 1.34. The topological polar surface area (TPSA) is 58.6 Å². The minimum Gasteiger partial charge on any atom is -0.495 e. The van der Waals surface area contributed by atoms with Crippen LogP contribution in [0, 0.1) is 0 Å². The van der Waals surface area contributed by atoms with Crippen molar-refractivity contribution < 1.29 is 14.6 Å². The van der Waals surface area contributed by atoms with Gasteiger partial charge in [0, 0.05) is 0 Å². The van der Waals surface area contributed by atoms with E-state index in [0.717, 1.165) is 0 Å². The van der Waals surface area contributed by atoms with Crippen LogP contribution in [-0.4, -0.2) is 30.3 Å². The van der Waals surface area contributed by atoms with Crippen molar-refractivity contribution in [3.05, 3.63) is 16.3 Å². The molecule has 1 aromatic rings. The van der Waals surface area contributed by atoms with Gasteiger partial charge in [-0.25, -0.2) is 0 Å². The van der Waals surface area contributed by atoms with Gasteiger partial charge in [-0.15, -0.1) is 11.3 Å². The standard InChI is InChI=1S/C12H19NO3S/c1-4-12(5-2,8-14)13-11(15)10-9(16-3)6-7-17-10/h6-7,14H,4-5,8H2,1-3H3,(H,13,15). The lowest BCUT2D eigenvalue weighted by molar-refractivity contribution is 0.0819. The molecule has 0 aliphatic rings. The van der Waals surface area contributed by atoms with Gasteiger partial charge in [0.1, 0.15) is 10.6 Å². The molecule has 0 aliphatic heterocycles. The number of carbonyl (C=O) groups excluding carboxylic acids is 1. The number of carbonyl (C=O) groups is 1. The van der Waals surface area contributed by atoms with Crippen LogP contribution in [0.5, 0.6) is 5.75 Å². The molecule has 0 atom stereocenters. The molecule has 96 valence electrons. The Bertz CT molecular complexity index is 363. The fourth-order valence-corrected chi connectivity index (χ4v) is 2.36. The van der Waals surface area contributed by atoms with Gasteiger partial charge in [0.15, 0.2) is 0 Å². The van der Waals surface area contributed by atoms with Crippen molar-refractivity contribution in [1.29, 1.82) is 0 Å². The van der Waals surface area contributed by atoms with Gasteiger partial charge in [0.25, 0.3) is 5.91 Å². The fourth-order valence-electron chi connectivity index (χ4n) is 1.61. The molecule has 1 aromatic heterocycles. The van der Waals surface area contributed by atoms with Crippen molar-refractivity contribution in [1.82, 2.24) is 5.32 Å². The first-order chi connectivity index (χ1) is 8.12. The van der Waals surface area contributed by atoms with E-state index < -0.39 is 5.54 Å². The van der Waals surface area contributed by atoms with Crippen LogP contribution >= 0.6 is 11.3 Å². The number of hydrogen-bond acceptors (Lipinski definition) is 4. The first-order valence-corrected chi connectivity index (χ1v) is 6.55. The monoisotopic (exact) mass is 257 g/mol. The molecule has 1 amide bonds. The molecule has 1 heterocycles. The zero-order valence-electron chi connectivity index (χ0n) is 10.4. The third-order valence-corrected chi connectivity index (χ3v) is 3.98. The quantitative estimate of drug-likeness (QED) is 0.820. The highest BCUT2D eigenvalue weighted by Gasteiger charge is 2.29. The lowest BCUT2D eigenvalue weighted by Gasteiger charge is -2.30. The van der Waals surface area contributed by atoms with E-state index in [1.165, 1.54) is 18.4 Å². The van der Waals surface area contributed by atoms with E-state index in [0.29, 0.717) is 23.5 Å². The van der Waals surface area contributed by atoms with Gasteiger partial charge in [-0.05, 0) is 24.3 Å². The molecule has 17 heavy (non-hydrogen) atoms. The van der Waals surface area contributed by atoms with Crippen LogP contribution in [0.3, 0.4) is 0 Å². The lowest BCUT2D eigenvalue weighted by Crippen LogP contribution is -2.50. The summed E-state index contributed by atoms with van der Waals surface area (Å²) in [6.45, 7) is 3.84.